The fourth-order valence-electron chi connectivity index (χ4n) is 3.18. The van der Waals surface area contributed by atoms with E-state index in [1.807, 2.05) is 0 Å². The highest BCUT2D eigenvalue weighted by Gasteiger charge is 2.37. The molecule has 108 valence electrons. The Morgan fingerprint density at radius 1 is 1.17 bits per heavy atom. The quantitative estimate of drug-likeness (QED) is 0.775. The van der Waals surface area contributed by atoms with Gasteiger partial charge in [-0.25, -0.2) is 0 Å². The molecule has 0 spiro atoms. The summed E-state index contributed by atoms with van der Waals surface area (Å²) in [7, 11) is -1.05. The highest BCUT2D eigenvalue weighted by molar-refractivity contribution is 6.48. The van der Waals surface area contributed by atoms with Crippen LogP contribution in [0.5, 0.6) is 0 Å². The second-order valence-electron chi connectivity index (χ2n) is 7.20. The van der Waals surface area contributed by atoms with Crippen LogP contribution in [0.1, 0.15) is 52.9 Å². The number of hydrogen-bond acceptors (Lipinski definition) is 2. The molecule has 0 heterocycles. The largest absolute Gasteiger partial charge is 0.417 e. The lowest BCUT2D eigenvalue weighted by molar-refractivity contribution is -0.0225. The van der Waals surface area contributed by atoms with Gasteiger partial charge in [0.05, 0.1) is 6.10 Å². The summed E-state index contributed by atoms with van der Waals surface area (Å²) in [5.41, 5.74) is 0.125. The zero-order chi connectivity index (χ0) is 13.8. The monoisotopic (exact) mass is 272 g/mol. The van der Waals surface area contributed by atoms with E-state index < -0.39 is 9.04 Å². The fraction of sp³-hybridized carbons (Fsp3) is 1.00. The predicted octanol–water partition coefficient (Wildman–Crippen LogP) is 3.59. The van der Waals surface area contributed by atoms with Gasteiger partial charge in [-0.3, -0.25) is 0 Å². The Morgan fingerprint density at radius 3 is 2.11 bits per heavy atom. The summed E-state index contributed by atoms with van der Waals surface area (Å²) in [6.45, 7) is 11.4. The molecule has 0 aromatic heterocycles. The first kappa shape index (κ1) is 16.2. The first-order valence-corrected chi connectivity index (χ1v) is 10.4. The van der Waals surface area contributed by atoms with Gasteiger partial charge in [-0.05, 0) is 37.3 Å². The molecule has 1 rings (SSSR count). The maximum Gasteiger partial charge on any atom is 0.171 e. The Kier molecular flexibility index (Phi) is 6.35. The molecule has 3 heteroatoms. The van der Waals surface area contributed by atoms with Crippen LogP contribution in [-0.2, 0) is 4.43 Å². The Balaban J connectivity index is 2.80. The maximum atomic E-state index is 9.81. The molecule has 1 saturated carbocycles. The third kappa shape index (κ3) is 4.67. The Bertz CT molecular complexity index is 229. The topological polar surface area (TPSA) is 29.5 Å². The molecule has 0 saturated heterocycles. The molecule has 0 aromatic carbocycles. The smallest absolute Gasteiger partial charge is 0.171 e. The van der Waals surface area contributed by atoms with E-state index in [1.165, 1.54) is 32.1 Å². The van der Waals surface area contributed by atoms with Crippen LogP contribution in [-0.4, -0.2) is 26.9 Å². The summed E-state index contributed by atoms with van der Waals surface area (Å²) < 4.78 is 6.35. The third-order valence-electron chi connectivity index (χ3n) is 4.25. The molecule has 0 bridgehead atoms. The Hall–Kier alpha value is 0.137. The molecule has 0 radical (unpaired) electrons. The molecule has 0 aromatic rings. The van der Waals surface area contributed by atoms with Crippen molar-refractivity contribution in [2.75, 3.05) is 6.61 Å². The van der Waals surface area contributed by atoms with Crippen LogP contribution in [0.4, 0.5) is 0 Å². The summed E-state index contributed by atoms with van der Waals surface area (Å²) in [5.74, 6) is 0.945. The van der Waals surface area contributed by atoms with Gasteiger partial charge < -0.3 is 9.53 Å². The van der Waals surface area contributed by atoms with Crippen molar-refractivity contribution in [3.05, 3.63) is 0 Å². The summed E-state index contributed by atoms with van der Waals surface area (Å²) in [5, 5.41) is 9.81. The molecule has 1 aliphatic rings. The second kappa shape index (κ2) is 7.06. The lowest BCUT2D eigenvalue weighted by atomic mass is 9.71. The molecular formula is C15H32O2Si. The molecular weight excluding hydrogens is 240 g/mol. The van der Waals surface area contributed by atoms with Crippen LogP contribution in [0.15, 0.2) is 0 Å². The van der Waals surface area contributed by atoms with E-state index in [0.29, 0.717) is 5.92 Å². The van der Waals surface area contributed by atoms with Crippen LogP contribution in [0, 0.1) is 17.3 Å². The van der Waals surface area contributed by atoms with Gasteiger partial charge in [0.15, 0.2) is 9.04 Å². The van der Waals surface area contributed by atoms with E-state index in [1.54, 1.807) is 0 Å². The van der Waals surface area contributed by atoms with Crippen molar-refractivity contribution >= 4 is 9.04 Å². The molecule has 0 amide bonds. The fourth-order valence-corrected chi connectivity index (χ4v) is 4.22. The number of rotatable bonds is 5. The van der Waals surface area contributed by atoms with Crippen molar-refractivity contribution in [2.24, 2.45) is 17.3 Å². The molecule has 1 aliphatic carbocycles. The Labute approximate surface area is 115 Å². The van der Waals surface area contributed by atoms with E-state index in [0.717, 1.165) is 0 Å². The molecule has 1 fully saturated rings. The minimum absolute atomic E-state index is 0.125. The van der Waals surface area contributed by atoms with Gasteiger partial charge in [-0.15, -0.1) is 0 Å². The third-order valence-corrected chi connectivity index (χ3v) is 5.11. The minimum atomic E-state index is -1.05. The van der Waals surface area contributed by atoms with Gasteiger partial charge in [-0.2, -0.15) is 0 Å². The minimum Gasteiger partial charge on any atom is -0.417 e. The van der Waals surface area contributed by atoms with Gasteiger partial charge in [0.2, 0.25) is 0 Å². The Morgan fingerprint density at radius 2 is 1.72 bits per heavy atom. The molecule has 0 aliphatic heterocycles. The van der Waals surface area contributed by atoms with Gasteiger partial charge >= 0.3 is 0 Å². The number of hydrogen-bond donors (Lipinski definition) is 1. The van der Waals surface area contributed by atoms with Crippen molar-refractivity contribution in [3.63, 3.8) is 0 Å². The summed E-state index contributed by atoms with van der Waals surface area (Å²) in [4.78, 5) is 0. The van der Waals surface area contributed by atoms with Crippen LogP contribution < -0.4 is 0 Å². The second-order valence-corrected chi connectivity index (χ2v) is 9.57. The lowest BCUT2D eigenvalue weighted by Gasteiger charge is -2.42. The average molecular weight is 273 g/mol. The molecule has 18 heavy (non-hydrogen) atoms. The van der Waals surface area contributed by atoms with Crippen molar-refractivity contribution in [3.8, 4) is 0 Å². The zero-order valence-corrected chi connectivity index (χ0v) is 14.1. The predicted molar refractivity (Wildman–Crippen MR) is 80.4 cm³/mol. The van der Waals surface area contributed by atoms with Crippen molar-refractivity contribution in [2.45, 2.75) is 72.1 Å². The first-order valence-electron chi connectivity index (χ1n) is 7.62. The molecule has 1 N–H and O–H groups in total. The zero-order valence-electron chi connectivity index (χ0n) is 12.9. The summed E-state index contributed by atoms with van der Waals surface area (Å²) >= 11 is 0. The molecule has 2 atom stereocenters. The SMILES string of the molecule is C[SiH](C)OC(C1CCCCC1)[C@H](CO)C(C)(C)C. The van der Waals surface area contributed by atoms with Gasteiger partial charge in [0.1, 0.15) is 0 Å². The number of aliphatic hydroxyl groups excluding tert-OH is 1. The van der Waals surface area contributed by atoms with Gasteiger partial charge in [0.25, 0.3) is 0 Å². The highest BCUT2D eigenvalue weighted by atomic mass is 28.3. The van der Waals surface area contributed by atoms with Crippen molar-refractivity contribution in [1.82, 2.24) is 0 Å². The van der Waals surface area contributed by atoms with Crippen molar-refractivity contribution in [1.29, 1.82) is 0 Å². The van der Waals surface area contributed by atoms with Crippen LogP contribution >= 0.6 is 0 Å². The van der Waals surface area contributed by atoms with E-state index in [4.69, 9.17) is 4.43 Å². The van der Waals surface area contributed by atoms with E-state index >= 15 is 0 Å². The number of aliphatic hydroxyl groups is 1. The van der Waals surface area contributed by atoms with Crippen molar-refractivity contribution < 1.29 is 9.53 Å². The summed E-state index contributed by atoms with van der Waals surface area (Å²) in [6, 6.07) is 0. The highest BCUT2D eigenvalue weighted by Crippen LogP contribution is 2.38. The molecule has 2 nitrogen and oxygen atoms in total. The average Bonchev–Trinajstić information content (AvgIpc) is 2.27. The summed E-state index contributed by atoms with van der Waals surface area (Å²) in [6.07, 6.45) is 6.92. The normalized spacial score (nSPS) is 22.2. The molecule has 1 unspecified atom stereocenters. The van der Waals surface area contributed by atoms with E-state index in [-0.39, 0.29) is 24.0 Å². The van der Waals surface area contributed by atoms with Crippen LogP contribution in [0.2, 0.25) is 13.1 Å². The maximum absolute atomic E-state index is 9.81. The van der Waals surface area contributed by atoms with Gasteiger partial charge in [-0.1, -0.05) is 40.0 Å². The van der Waals surface area contributed by atoms with E-state index in [2.05, 4.69) is 33.9 Å². The van der Waals surface area contributed by atoms with Gasteiger partial charge in [0, 0.05) is 12.5 Å². The van der Waals surface area contributed by atoms with Crippen LogP contribution in [0.25, 0.3) is 0 Å². The standard InChI is InChI=1S/C15H32O2Si/c1-15(2,3)13(11-16)14(17-18(4)5)12-9-7-6-8-10-12/h12-14,16,18H,6-11H2,1-5H3/t13-,14?/m0/s1. The van der Waals surface area contributed by atoms with E-state index in [9.17, 15) is 5.11 Å². The van der Waals surface area contributed by atoms with Crippen LogP contribution in [0.3, 0.4) is 0 Å². The first-order chi connectivity index (χ1) is 8.36. The lowest BCUT2D eigenvalue weighted by Crippen LogP contribution is -2.44.